The third-order valence-electron chi connectivity index (χ3n) is 5.05. The number of aliphatic imine (C=N–C) groups is 1. The topological polar surface area (TPSA) is 76.4 Å². The van der Waals surface area contributed by atoms with Gasteiger partial charge in [0.1, 0.15) is 17.2 Å². The smallest absolute Gasteiger partial charge is 0.192 e. The lowest BCUT2D eigenvalue weighted by molar-refractivity contribution is 0.129. The standard InChI is InChI=1S/C25H34N6O/c1-18(20-12-8-7-9-13-20)28-24(27-17-23-30-29-19(2)31(23)6)26-16-21-14-10-11-15-22(21)32-25(3,4)5/h7-15,18H,16-17H2,1-6H3,(H2,26,27,28). The van der Waals surface area contributed by atoms with E-state index in [4.69, 9.17) is 9.73 Å². The number of nitrogens with one attached hydrogen (secondary N) is 2. The summed E-state index contributed by atoms with van der Waals surface area (Å²) >= 11 is 0. The minimum Gasteiger partial charge on any atom is -0.488 e. The Morgan fingerprint density at radius 1 is 1.06 bits per heavy atom. The molecule has 7 nitrogen and oxygen atoms in total. The van der Waals surface area contributed by atoms with Gasteiger partial charge in [-0.05, 0) is 46.2 Å². The molecular formula is C25H34N6O. The van der Waals surface area contributed by atoms with Gasteiger partial charge in [0.05, 0.1) is 19.1 Å². The van der Waals surface area contributed by atoms with Gasteiger partial charge in [-0.2, -0.15) is 0 Å². The van der Waals surface area contributed by atoms with Gasteiger partial charge < -0.3 is 19.9 Å². The molecular weight excluding hydrogens is 400 g/mol. The van der Waals surface area contributed by atoms with Crippen LogP contribution in [0, 0.1) is 6.92 Å². The summed E-state index contributed by atoms with van der Waals surface area (Å²) in [6, 6.07) is 18.4. The maximum atomic E-state index is 6.13. The lowest BCUT2D eigenvalue weighted by Crippen LogP contribution is -2.39. The highest BCUT2D eigenvalue weighted by molar-refractivity contribution is 5.80. The van der Waals surface area contributed by atoms with E-state index < -0.39 is 0 Å². The van der Waals surface area contributed by atoms with Crippen molar-refractivity contribution in [3.8, 4) is 5.75 Å². The second kappa shape index (κ2) is 10.3. The summed E-state index contributed by atoms with van der Waals surface area (Å²) in [5.74, 6) is 3.27. The maximum absolute atomic E-state index is 6.13. The molecule has 0 saturated heterocycles. The second-order valence-electron chi connectivity index (χ2n) is 8.84. The summed E-state index contributed by atoms with van der Waals surface area (Å²) < 4.78 is 8.10. The average molecular weight is 435 g/mol. The first-order valence-electron chi connectivity index (χ1n) is 10.9. The van der Waals surface area contributed by atoms with Gasteiger partial charge in [0, 0.05) is 12.6 Å². The quantitative estimate of drug-likeness (QED) is 0.428. The number of hydrogen-bond acceptors (Lipinski definition) is 4. The zero-order valence-corrected chi connectivity index (χ0v) is 19.9. The number of aryl methyl sites for hydroxylation is 1. The molecule has 0 aliphatic rings. The molecule has 0 fully saturated rings. The van der Waals surface area contributed by atoms with Crippen LogP contribution in [0.2, 0.25) is 0 Å². The predicted octanol–water partition coefficient (Wildman–Crippen LogP) is 4.30. The number of hydrogen-bond donors (Lipinski definition) is 2. The summed E-state index contributed by atoms with van der Waals surface area (Å²) in [6.45, 7) is 11.2. The van der Waals surface area contributed by atoms with Crippen LogP contribution in [-0.2, 0) is 20.1 Å². The fraction of sp³-hybridized carbons (Fsp3) is 0.400. The molecule has 0 radical (unpaired) electrons. The van der Waals surface area contributed by atoms with Crippen LogP contribution in [0.25, 0.3) is 0 Å². The SMILES string of the molecule is Cc1nnc(CNC(=NCc2ccccc2OC(C)(C)C)NC(C)c2ccccc2)n1C. The van der Waals surface area contributed by atoms with Crippen molar-refractivity contribution in [3.63, 3.8) is 0 Å². The van der Waals surface area contributed by atoms with Crippen LogP contribution in [0.15, 0.2) is 59.6 Å². The first-order chi connectivity index (χ1) is 15.2. The number of guanidine groups is 1. The molecule has 3 aromatic rings. The van der Waals surface area contributed by atoms with Crippen LogP contribution < -0.4 is 15.4 Å². The van der Waals surface area contributed by atoms with Crippen molar-refractivity contribution in [1.82, 2.24) is 25.4 Å². The molecule has 0 aliphatic heterocycles. The van der Waals surface area contributed by atoms with Gasteiger partial charge in [-0.15, -0.1) is 10.2 Å². The zero-order valence-electron chi connectivity index (χ0n) is 19.9. The van der Waals surface area contributed by atoms with Crippen LogP contribution in [0.1, 0.15) is 56.5 Å². The van der Waals surface area contributed by atoms with E-state index in [1.165, 1.54) is 5.56 Å². The van der Waals surface area contributed by atoms with Gasteiger partial charge in [0.25, 0.3) is 0 Å². The predicted molar refractivity (Wildman–Crippen MR) is 129 cm³/mol. The van der Waals surface area contributed by atoms with Crippen LogP contribution in [0.3, 0.4) is 0 Å². The molecule has 0 amide bonds. The summed E-state index contributed by atoms with van der Waals surface area (Å²) in [6.07, 6.45) is 0. The Labute approximate surface area is 190 Å². The van der Waals surface area contributed by atoms with E-state index in [9.17, 15) is 0 Å². The Hall–Kier alpha value is -3.35. The van der Waals surface area contributed by atoms with Crippen molar-refractivity contribution >= 4 is 5.96 Å². The summed E-state index contributed by atoms with van der Waals surface area (Å²) in [4.78, 5) is 4.86. The van der Waals surface area contributed by atoms with E-state index in [0.29, 0.717) is 19.0 Å². The molecule has 1 heterocycles. The minimum absolute atomic E-state index is 0.0877. The molecule has 2 N–H and O–H groups in total. The van der Waals surface area contributed by atoms with Crippen molar-refractivity contribution in [2.75, 3.05) is 0 Å². The summed E-state index contributed by atoms with van der Waals surface area (Å²) in [5, 5.41) is 15.3. The van der Waals surface area contributed by atoms with Crippen LogP contribution >= 0.6 is 0 Å². The molecule has 32 heavy (non-hydrogen) atoms. The second-order valence-corrected chi connectivity index (χ2v) is 8.84. The average Bonchev–Trinajstić information content (AvgIpc) is 3.08. The third-order valence-corrected chi connectivity index (χ3v) is 5.05. The molecule has 170 valence electrons. The molecule has 1 unspecified atom stereocenters. The molecule has 0 saturated carbocycles. The van der Waals surface area contributed by atoms with Crippen molar-refractivity contribution in [2.45, 2.75) is 59.4 Å². The van der Waals surface area contributed by atoms with Gasteiger partial charge in [-0.25, -0.2) is 4.99 Å². The Kier molecular flexibility index (Phi) is 7.51. The molecule has 1 aromatic heterocycles. The van der Waals surface area contributed by atoms with Crippen molar-refractivity contribution in [3.05, 3.63) is 77.4 Å². The summed E-state index contributed by atoms with van der Waals surface area (Å²) in [5.41, 5.74) is 1.95. The van der Waals surface area contributed by atoms with E-state index >= 15 is 0 Å². The van der Waals surface area contributed by atoms with Gasteiger partial charge in [0.2, 0.25) is 0 Å². The largest absolute Gasteiger partial charge is 0.488 e. The highest BCUT2D eigenvalue weighted by atomic mass is 16.5. The monoisotopic (exact) mass is 434 g/mol. The van der Waals surface area contributed by atoms with Crippen LogP contribution in [-0.4, -0.2) is 26.3 Å². The van der Waals surface area contributed by atoms with E-state index in [0.717, 1.165) is 23.0 Å². The minimum atomic E-state index is -0.274. The fourth-order valence-electron chi connectivity index (χ4n) is 3.18. The van der Waals surface area contributed by atoms with Gasteiger partial charge >= 0.3 is 0 Å². The lowest BCUT2D eigenvalue weighted by Gasteiger charge is -2.23. The number of ether oxygens (including phenoxy) is 1. The molecule has 7 heteroatoms. The van der Waals surface area contributed by atoms with Crippen molar-refractivity contribution in [2.24, 2.45) is 12.0 Å². The molecule has 3 rings (SSSR count). The molecule has 1 atom stereocenters. The van der Waals surface area contributed by atoms with E-state index in [1.807, 2.05) is 75.7 Å². The zero-order chi connectivity index (χ0) is 23.1. The van der Waals surface area contributed by atoms with Crippen LogP contribution in [0.5, 0.6) is 5.75 Å². The maximum Gasteiger partial charge on any atom is 0.192 e. The molecule has 0 aliphatic carbocycles. The highest BCUT2D eigenvalue weighted by Gasteiger charge is 2.15. The number of benzene rings is 2. The van der Waals surface area contributed by atoms with E-state index in [-0.39, 0.29) is 11.6 Å². The number of nitrogens with zero attached hydrogens (tertiary/aromatic N) is 4. The molecule has 0 spiro atoms. The first kappa shape index (κ1) is 23.3. The first-order valence-corrected chi connectivity index (χ1v) is 10.9. The van der Waals surface area contributed by atoms with Gasteiger partial charge in [-0.1, -0.05) is 48.5 Å². The van der Waals surface area contributed by atoms with Gasteiger partial charge in [0.15, 0.2) is 11.8 Å². The lowest BCUT2D eigenvalue weighted by atomic mass is 10.1. The fourth-order valence-corrected chi connectivity index (χ4v) is 3.18. The number of rotatable bonds is 7. The van der Waals surface area contributed by atoms with Crippen LogP contribution in [0.4, 0.5) is 0 Å². The highest BCUT2D eigenvalue weighted by Crippen LogP contribution is 2.23. The Morgan fingerprint density at radius 2 is 1.75 bits per heavy atom. The van der Waals surface area contributed by atoms with Crippen molar-refractivity contribution < 1.29 is 4.74 Å². The van der Waals surface area contributed by atoms with Crippen molar-refractivity contribution in [1.29, 1.82) is 0 Å². The Morgan fingerprint density at radius 3 is 2.41 bits per heavy atom. The number of aromatic nitrogens is 3. The third kappa shape index (κ3) is 6.57. The summed E-state index contributed by atoms with van der Waals surface area (Å²) in [7, 11) is 1.96. The Bertz CT molecular complexity index is 1040. The van der Waals surface area contributed by atoms with E-state index in [1.54, 1.807) is 0 Å². The molecule has 2 aromatic carbocycles. The normalized spacial score (nSPS) is 13.0. The van der Waals surface area contributed by atoms with Gasteiger partial charge in [-0.3, -0.25) is 0 Å². The number of para-hydroxylation sites is 1. The van der Waals surface area contributed by atoms with E-state index in [2.05, 4.69) is 46.0 Å². The molecule has 0 bridgehead atoms. The Balaban J connectivity index is 1.80.